The van der Waals surface area contributed by atoms with Crippen LogP contribution in [0.1, 0.15) is 16.1 Å². The number of methoxy groups -OCH3 is 2. The summed E-state index contributed by atoms with van der Waals surface area (Å²) in [6.07, 6.45) is 0. The van der Waals surface area contributed by atoms with Crippen molar-refractivity contribution in [2.75, 3.05) is 14.2 Å². The highest BCUT2D eigenvalue weighted by Crippen LogP contribution is 2.23. The molecule has 0 bridgehead atoms. The predicted molar refractivity (Wildman–Crippen MR) is 80.0 cm³/mol. The molecule has 0 radical (unpaired) electrons. The minimum atomic E-state index is -0.256. The summed E-state index contributed by atoms with van der Waals surface area (Å²) in [5.41, 5.74) is 1.13. The lowest BCUT2D eigenvalue weighted by molar-refractivity contribution is 0.0947. The molecule has 1 N–H and O–H groups in total. The molecule has 5 nitrogen and oxygen atoms in total. The summed E-state index contributed by atoms with van der Waals surface area (Å²) < 4.78 is 10.2. The minimum Gasteiger partial charge on any atom is -0.496 e. The van der Waals surface area contributed by atoms with Crippen molar-refractivity contribution >= 4 is 17.5 Å². The second kappa shape index (κ2) is 6.95. The van der Waals surface area contributed by atoms with Gasteiger partial charge in [-0.2, -0.15) is 0 Å². The summed E-state index contributed by atoms with van der Waals surface area (Å²) in [7, 11) is 3.04. The fourth-order valence-electron chi connectivity index (χ4n) is 1.79. The SMILES string of the molecule is COc1cccc(CNC(=O)c2ccc(Cl)cc2OC)n1. The van der Waals surface area contributed by atoms with Gasteiger partial charge in [0, 0.05) is 11.1 Å². The predicted octanol–water partition coefficient (Wildman–Crippen LogP) is 2.68. The summed E-state index contributed by atoms with van der Waals surface area (Å²) >= 11 is 5.87. The zero-order chi connectivity index (χ0) is 15.2. The second-order valence-electron chi connectivity index (χ2n) is 4.20. The van der Waals surface area contributed by atoms with Gasteiger partial charge in [0.1, 0.15) is 5.75 Å². The Balaban J connectivity index is 2.08. The van der Waals surface area contributed by atoms with Gasteiger partial charge in [-0.1, -0.05) is 17.7 Å². The number of pyridine rings is 1. The number of halogens is 1. The van der Waals surface area contributed by atoms with Gasteiger partial charge in [-0.05, 0) is 24.3 Å². The Labute approximate surface area is 127 Å². The molecule has 0 fully saturated rings. The normalized spacial score (nSPS) is 10.0. The fourth-order valence-corrected chi connectivity index (χ4v) is 1.95. The van der Waals surface area contributed by atoms with Crippen LogP contribution >= 0.6 is 11.6 Å². The van der Waals surface area contributed by atoms with Gasteiger partial charge in [0.2, 0.25) is 5.88 Å². The molecule has 1 aromatic carbocycles. The third kappa shape index (κ3) is 3.86. The molecule has 1 heterocycles. The quantitative estimate of drug-likeness (QED) is 0.922. The number of amides is 1. The average molecular weight is 307 g/mol. The van der Waals surface area contributed by atoms with E-state index < -0.39 is 0 Å². The number of nitrogens with zero attached hydrogens (tertiary/aromatic N) is 1. The zero-order valence-corrected chi connectivity index (χ0v) is 12.5. The molecule has 21 heavy (non-hydrogen) atoms. The van der Waals surface area contributed by atoms with E-state index in [1.807, 2.05) is 12.1 Å². The molecule has 0 aliphatic heterocycles. The van der Waals surface area contributed by atoms with Gasteiger partial charge >= 0.3 is 0 Å². The van der Waals surface area contributed by atoms with Crippen LogP contribution in [0.5, 0.6) is 11.6 Å². The largest absolute Gasteiger partial charge is 0.496 e. The van der Waals surface area contributed by atoms with Gasteiger partial charge in [0.15, 0.2) is 0 Å². The van der Waals surface area contributed by atoms with E-state index in [-0.39, 0.29) is 5.91 Å². The summed E-state index contributed by atoms with van der Waals surface area (Å²) in [4.78, 5) is 16.4. The second-order valence-corrected chi connectivity index (χ2v) is 4.64. The van der Waals surface area contributed by atoms with Crippen molar-refractivity contribution in [3.05, 3.63) is 52.7 Å². The molecule has 2 aromatic rings. The van der Waals surface area contributed by atoms with Crippen LogP contribution < -0.4 is 14.8 Å². The molecule has 0 aliphatic carbocycles. The molecule has 0 saturated heterocycles. The number of benzene rings is 1. The highest BCUT2D eigenvalue weighted by atomic mass is 35.5. The molecule has 0 aliphatic rings. The Kier molecular flexibility index (Phi) is 5.00. The zero-order valence-electron chi connectivity index (χ0n) is 11.7. The number of carbonyl (C=O) groups is 1. The standard InChI is InChI=1S/C15H15ClN2O3/c1-20-13-8-10(16)6-7-12(13)15(19)17-9-11-4-3-5-14(18-11)21-2/h3-8H,9H2,1-2H3,(H,17,19). The van der Waals surface area contributed by atoms with Crippen molar-refractivity contribution in [3.8, 4) is 11.6 Å². The number of nitrogens with one attached hydrogen (secondary N) is 1. The van der Waals surface area contributed by atoms with Gasteiger partial charge in [0.05, 0.1) is 32.0 Å². The van der Waals surface area contributed by atoms with Crippen molar-refractivity contribution in [1.29, 1.82) is 0 Å². The van der Waals surface area contributed by atoms with Crippen LogP contribution in [0.15, 0.2) is 36.4 Å². The fraction of sp³-hybridized carbons (Fsp3) is 0.200. The number of ether oxygens (including phenoxy) is 2. The van der Waals surface area contributed by atoms with Crippen molar-refractivity contribution in [3.63, 3.8) is 0 Å². The first-order chi connectivity index (χ1) is 10.1. The van der Waals surface area contributed by atoms with E-state index >= 15 is 0 Å². The molecule has 1 aromatic heterocycles. The monoisotopic (exact) mass is 306 g/mol. The van der Waals surface area contributed by atoms with Crippen molar-refractivity contribution in [2.45, 2.75) is 6.54 Å². The van der Waals surface area contributed by atoms with E-state index in [9.17, 15) is 4.79 Å². The lowest BCUT2D eigenvalue weighted by Crippen LogP contribution is -2.23. The first-order valence-electron chi connectivity index (χ1n) is 6.25. The first kappa shape index (κ1) is 15.1. The molecular formula is C15H15ClN2O3. The number of rotatable bonds is 5. The highest BCUT2D eigenvalue weighted by Gasteiger charge is 2.12. The van der Waals surface area contributed by atoms with Gasteiger partial charge in [-0.25, -0.2) is 4.98 Å². The van der Waals surface area contributed by atoms with Crippen LogP contribution in [0.25, 0.3) is 0 Å². The third-order valence-electron chi connectivity index (χ3n) is 2.83. The van der Waals surface area contributed by atoms with Gasteiger partial charge < -0.3 is 14.8 Å². The summed E-state index contributed by atoms with van der Waals surface area (Å²) in [6.45, 7) is 0.293. The minimum absolute atomic E-state index is 0.256. The van der Waals surface area contributed by atoms with Crippen LogP contribution in [0.3, 0.4) is 0 Å². The summed E-state index contributed by atoms with van der Waals surface area (Å²) in [6, 6.07) is 10.2. The first-order valence-corrected chi connectivity index (χ1v) is 6.63. The van der Waals surface area contributed by atoms with Gasteiger partial charge in [-0.3, -0.25) is 4.79 Å². The van der Waals surface area contributed by atoms with Crippen LogP contribution in [-0.4, -0.2) is 25.1 Å². The maximum atomic E-state index is 12.2. The number of hydrogen-bond acceptors (Lipinski definition) is 4. The lowest BCUT2D eigenvalue weighted by Gasteiger charge is -2.10. The third-order valence-corrected chi connectivity index (χ3v) is 3.06. The topological polar surface area (TPSA) is 60.5 Å². The Morgan fingerprint density at radius 2 is 2.05 bits per heavy atom. The molecule has 1 amide bonds. The molecule has 0 atom stereocenters. The lowest BCUT2D eigenvalue weighted by atomic mass is 10.2. The van der Waals surface area contributed by atoms with E-state index in [1.54, 1.807) is 31.4 Å². The molecule has 110 valence electrons. The van der Waals surface area contributed by atoms with Crippen LogP contribution in [0, 0.1) is 0 Å². The number of hydrogen-bond donors (Lipinski definition) is 1. The van der Waals surface area contributed by atoms with E-state index in [1.165, 1.54) is 7.11 Å². The highest BCUT2D eigenvalue weighted by molar-refractivity contribution is 6.30. The van der Waals surface area contributed by atoms with E-state index in [0.29, 0.717) is 34.5 Å². The molecule has 2 rings (SSSR count). The Bertz CT molecular complexity index is 647. The van der Waals surface area contributed by atoms with Crippen molar-refractivity contribution in [2.24, 2.45) is 0 Å². The smallest absolute Gasteiger partial charge is 0.255 e. The maximum absolute atomic E-state index is 12.2. The maximum Gasteiger partial charge on any atom is 0.255 e. The van der Waals surface area contributed by atoms with Gasteiger partial charge in [-0.15, -0.1) is 0 Å². The van der Waals surface area contributed by atoms with Crippen LogP contribution in [-0.2, 0) is 6.54 Å². The summed E-state index contributed by atoms with van der Waals surface area (Å²) in [5, 5.41) is 3.29. The number of carbonyl (C=O) groups excluding carboxylic acids is 1. The van der Waals surface area contributed by atoms with Crippen LogP contribution in [0.2, 0.25) is 5.02 Å². The molecule has 6 heteroatoms. The van der Waals surface area contributed by atoms with E-state index in [4.69, 9.17) is 21.1 Å². The number of aromatic nitrogens is 1. The molecular weight excluding hydrogens is 292 g/mol. The Morgan fingerprint density at radius 3 is 2.76 bits per heavy atom. The van der Waals surface area contributed by atoms with Gasteiger partial charge in [0.25, 0.3) is 5.91 Å². The Hall–Kier alpha value is -2.27. The Morgan fingerprint density at radius 1 is 1.24 bits per heavy atom. The molecule has 0 unspecified atom stereocenters. The molecule has 0 saturated carbocycles. The van der Waals surface area contributed by atoms with Crippen molar-refractivity contribution < 1.29 is 14.3 Å². The van der Waals surface area contributed by atoms with E-state index in [0.717, 1.165) is 0 Å². The average Bonchev–Trinajstić information content (AvgIpc) is 2.52. The molecule has 0 spiro atoms. The van der Waals surface area contributed by atoms with Crippen molar-refractivity contribution in [1.82, 2.24) is 10.3 Å². The van der Waals surface area contributed by atoms with E-state index in [2.05, 4.69) is 10.3 Å². The summed E-state index contributed by atoms with van der Waals surface area (Å²) in [5.74, 6) is 0.678. The van der Waals surface area contributed by atoms with Crippen LogP contribution in [0.4, 0.5) is 0 Å².